The number of amides is 1. The molecule has 6 heteroatoms. The fourth-order valence-electron chi connectivity index (χ4n) is 3.65. The van der Waals surface area contributed by atoms with Crippen LogP contribution in [0.4, 0.5) is 5.13 Å². The number of anilines is 1. The molecule has 3 rings (SSSR count). The Balaban J connectivity index is 1.60. The third kappa shape index (κ3) is 3.41. The number of nitriles is 1. The predicted octanol–water partition coefficient (Wildman–Crippen LogP) is 3.37. The number of rotatable bonds is 4. The van der Waals surface area contributed by atoms with Crippen LogP contribution in [0.3, 0.4) is 0 Å². The quantitative estimate of drug-likeness (QED) is 0.659. The van der Waals surface area contributed by atoms with Gasteiger partial charge in [-0.25, -0.2) is 4.98 Å². The SMILES string of the molecule is N#CNC1CCCC1C(=O)Nc1ncc(C2CCCCC2)s1. The number of aromatic nitrogens is 1. The van der Waals surface area contributed by atoms with Crippen LogP contribution in [0.2, 0.25) is 0 Å². The third-order valence-electron chi connectivity index (χ3n) is 4.86. The van der Waals surface area contributed by atoms with Gasteiger partial charge in [-0.15, -0.1) is 11.3 Å². The van der Waals surface area contributed by atoms with E-state index in [0.29, 0.717) is 11.0 Å². The molecule has 2 N–H and O–H groups in total. The molecule has 5 nitrogen and oxygen atoms in total. The Morgan fingerprint density at radius 2 is 2.05 bits per heavy atom. The minimum absolute atomic E-state index is 0.00482. The van der Waals surface area contributed by atoms with E-state index in [9.17, 15) is 4.79 Å². The summed E-state index contributed by atoms with van der Waals surface area (Å²) in [6.07, 6.45) is 13.0. The lowest BCUT2D eigenvalue weighted by atomic mass is 9.89. The van der Waals surface area contributed by atoms with E-state index in [0.717, 1.165) is 19.3 Å². The standard InChI is InChI=1S/C16H22N4OS/c17-10-19-13-8-4-7-12(13)15(21)20-16-18-9-14(22-16)11-5-2-1-3-6-11/h9,11-13,19H,1-8H2,(H,18,20,21). The number of hydrogen-bond donors (Lipinski definition) is 2. The minimum Gasteiger partial charge on any atom is -0.320 e. The molecule has 2 fully saturated rings. The van der Waals surface area contributed by atoms with Gasteiger partial charge in [0.2, 0.25) is 5.91 Å². The zero-order chi connectivity index (χ0) is 15.4. The predicted molar refractivity (Wildman–Crippen MR) is 86.4 cm³/mol. The zero-order valence-corrected chi connectivity index (χ0v) is 13.5. The molecule has 0 radical (unpaired) electrons. The average molecular weight is 318 g/mol. The van der Waals surface area contributed by atoms with Gasteiger partial charge in [-0.05, 0) is 31.6 Å². The van der Waals surface area contributed by atoms with E-state index >= 15 is 0 Å². The molecule has 2 saturated carbocycles. The highest BCUT2D eigenvalue weighted by atomic mass is 32.1. The van der Waals surface area contributed by atoms with Crippen molar-refractivity contribution in [3.63, 3.8) is 0 Å². The fourth-order valence-corrected chi connectivity index (χ4v) is 4.64. The fraction of sp³-hybridized carbons (Fsp3) is 0.688. The summed E-state index contributed by atoms with van der Waals surface area (Å²) in [6, 6.07) is -0.0252. The molecule has 1 aromatic rings. The van der Waals surface area contributed by atoms with Gasteiger partial charge >= 0.3 is 0 Å². The smallest absolute Gasteiger partial charge is 0.231 e. The second kappa shape index (κ2) is 7.10. The van der Waals surface area contributed by atoms with Gasteiger partial charge in [0.1, 0.15) is 0 Å². The summed E-state index contributed by atoms with van der Waals surface area (Å²) in [5, 5.41) is 15.2. The van der Waals surface area contributed by atoms with E-state index < -0.39 is 0 Å². The van der Waals surface area contributed by atoms with Crippen molar-refractivity contribution in [2.75, 3.05) is 5.32 Å². The van der Waals surface area contributed by atoms with Gasteiger partial charge in [-0.3, -0.25) is 4.79 Å². The summed E-state index contributed by atoms with van der Waals surface area (Å²) in [4.78, 5) is 18.1. The first-order valence-electron chi connectivity index (χ1n) is 8.19. The van der Waals surface area contributed by atoms with Crippen LogP contribution in [0.1, 0.15) is 62.2 Å². The molecule has 1 amide bonds. The van der Waals surface area contributed by atoms with E-state index in [1.165, 1.54) is 37.0 Å². The van der Waals surface area contributed by atoms with E-state index in [1.807, 2.05) is 12.4 Å². The van der Waals surface area contributed by atoms with Crippen molar-refractivity contribution >= 4 is 22.4 Å². The molecule has 1 heterocycles. The molecule has 2 aliphatic carbocycles. The van der Waals surface area contributed by atoms with Crippen LogP contribution in [-0.2, 0) is 4.79 Å². The zero-order valence-electron chi connectivity index (χ0n) is 12.7. The second-order valence-electron chi connectivity index (χ2n) is 6.29. The summed E-state index contributed by atoms with van der Waals surface area (Å²) in [5.74, 6) is 0.493. The van der Waals surface area contributed by atoms with Gasteiger partial charge in [-0.1, -0.05) is 25.7 Å². The molecule has 118 valence electrons. The first-order chi connectivity index (χ1) is 10.8. The Hall–Kier alpha value is -1.61. The Morgan fingerprint density at radius 3 is 2.82 bits per heavy atom. The molecule has 0 aliphatic heterocycles. The summed E-state index contributed by atoms with van der Waals surface area (Å²) in [6.45, 7) is 0. The van der Waals surface area contributed by atoms with Gasteiger partial charge in [0.25, 0.3) is 0 Å². The van der Waals surface area contributed by atoms with E-state index in [-0.39, 0.29) is 17.9 Å². The van der Waals surface area contributed by atoms with Gasteiger partial charge < -0.3 is 10.6 Å². The van der Waals surface area contributed by atoms with Crippen molar-refractivity contribution in [2.45, 2.75) is 63.3 Å². The molecule has 0 spiro atoms. The highest BCUT2D eigenvalue weighted by Gasteiger charge is 2.33. The maximum atomic E-state index is 12.4. The van der Waals surface area contributed by atoms with E-state index in [2.05, 4.69) is 15.6 Å². The highest BCUT2D eigenvalue weighted by Crippen LogP contribution is 2.37. The van der Waals surface area contributed by atoms with Crippen LogP contribution in [0.25, 0.3) is 0 Å². The van der Waals surface area contributed by atoms with Crippen LogP contribution in [0.15, 0.2) is 6.20 Å². The van der Waals surface area contributed by atoms with Crippen LogP contribution < -0.4 is 10.6 Å². The van der Waals surface area contributed by atoms with Crippen molar-refractivity contribution < 1.29 is 4.79 Å². The summed E-state index contributed by atoms with van der Waals surface area (Å²) in [7, 11) is 0. The molecule has 0 bridgehead atoms. The molecule has 2 unspecified atom stereocenters. The lowest BCUT2D eigenvalue weighted by Gasteiger charge is -2.19. The second-order valence-corrected chi connectivity index (χ2v) is 7.35. The molecule has 1 aromatic heterocycles. The molecular weight excluding hydrogens is 296 g/mol. The molecule has 2 atom stereocenters. The maximum Gasteiger partial charge on any atom is 0.231 e. The van der Waals surface area contributed by atoms with Crippen molar-refractivity contribution in [1.29, 1.82) is 5.26 Å². The van der Waals surface area contributed by atoms with E-state index in [4.69, 9.17) is 5.26 Å². The van der Waals surface area contributed by atoms with E-state index in [1.54, 1.807) is 11.3 Å². The van der Waals surface area contributed by atoms with Crippen LogP contribution in [0.5, 0.6) is 0 Å². The minimum atomic E-state index is -0.123. The van der Waals surface area contributed by atoms with Gasteiger partial charge in [0.05, 0.1) is 5.92 Å². The number of nitrogens with zero attached hydrogens (tertiary/aromatic N) is 2. The monoisotopic (exact) mass is 318 g/mol. The van der Waals surface area contributed by atoms with Crippen LogP contribution >= 0.6 is 11.3 Å². The average Bonchev–Trinajstić information content (AvgIpc) is 3.18. The first kappa shape index (κ1) is 15.3. The highest BCUT2D eigenvalue weighted by molar-refractivity contribution is 7.15. The van der Waals surface area contributed by atoms with Crippen LogP contribution in [0, 0.1) is 17.4 Å². The number of hydrogen-bond acceptors (Lipinski definition) is 5. The summed E-state index contributed by atoms with van der Waals surface area (Å²) >= 11 is 1.61. The molecular formula is C16H22N4OS. The summed E-state index contributed by atoms with van der Waals surface area (Å²) < 4.78 is 0. The lowest BCUT2D eigenvalue weighted by molar-refractivity contribution is -0.120. The third-order valence-corrected chi connectivity index (χ3v) is 5.94. The van der Waals surface area contributed by atoms with Gasteiger partial charge in [-0.2, -0.15) is 5.26 Å². The number of nitrogens with one attached hydrogen (secondary N) is 2. The first-order valence-corrected chi connectivity index (χ1v) is 9.01. The van der Waals surface area contributed by atoms with Crippen molar-refractivity contribution in [3.8, 4) is 6.19 Å². The summed E-state index contributed by atoms with van der Waals surface area (Å²) in [5.41, 5.74) is 0. The molecule has 0 aromatic carbocycles. The van der Waals surface area contributed by atoms with Gasteiger partial charge in [0.15, 0.2) is 11.3 Å². The Kier molecular flexibility index (Phi) is 4.94. The normalized spacial score (nSPS) is 25.6. The molecule has 0 saturated heterocycles. The maximum absolute atomic E-state index is 12.4. The van der Waals surface area contributed by atoms with Gasteiger partial charge in [0, 0.05) is 17.1 Å². The topological polar surface area (TPSA) is 77.8 Å². The van der Waals surface area contributed by atoms with Crippen molar-refractivity contribution in [2.24, 2.45) is 5.92 Å². The van der Waals surface area contributed by atoms with Crippen molar-refractivity contribution in [3.05, 3.63) is 11.1 Å². The number of carbonyl (C=O) groups is 1. The number of carbonyl (C=O) groups excluding carboxylic acids is 1. The Morgan fingerprint density at radius 1 is 1.23 bits per heavy atom. The molecule has 22 heavy (non-hydrogen) atoms. The van der Waals surface area contributed by atoms with Crippen molar-refractivity contribution in [1.82, 2.24) is 10.3 Å². The molecule has 2 aliphatic rings. The Bertz CT molecular complexity index is 559. The number of thiazole rings is 1. The Labute approximate surface area is 135 Å². The lowest BCUT2D eigenvalue weighted by Crippen LogP contribution is -2.36. The largest absolute Gasteiger partial charge is 0.320 e. The van der Waals surface area contributed by atoms with Crippen LogP contribution in [-0.4, -0.2) is 16.9 Å².